The van der Waals surface area contributed by atoms with Crippen molar-refractivity contribution in [1.82, 2.24) is 9.88 Å². The highest BCUT2D eigenvalue weighted by molar-refractivity contribution is 5.28. The van der Waals surface area contributed by atoms with Crippen molar-refractivity contribution in [1.29, 1.82) is 0 Å². The van der Waals surface area contributed by atoms with E-state index in [0.29, 0.717) is 11.9 Å². The number of hydrogen-bond acceptors (Lipinski definition) is 3. The van der Waals surface area contributed by atoms with Gasteiger partial charge in [-0.3, -0.25) is 4.90 Å². The lowest BCUT2D eigenvalue weighted by molar-refractivity contribution is 0.257. The summed E-state index contributed by atoms with van der Waals surface area (Å²) in [6.07, 6.45) is 5.70. The molecule has 110 valence electrons. The number of rotatable bonds is 5. The van der Waals surface area contributed by atoms with Gasteiger partial charge in [-0.1, -0.05) is 31.2 Å². The number of aromatic nitrogens is 1. The molecule has 0 radical (unpaired) electrons. The van der Waals surface area contributed by atoms with Gasteiger partial charge in [-0.05, 0) is 50.0 Å². The smallest absolute Gasteiger partial charge is 0.219 e. The second kappa shape index (κ2) is 6.72. The number of hydrogen-bond donors (Lipinski definition) is 0. The van der Waals surface area contributed by atoms with Crippen molar-refractivity contribution in [3.63, 3.8) is 0 Å². The number of pyridine rings is 1. The molecule has 0 saturated carbocycles. The van der Waals surface area contributed by atoms with Gasteiger partial charge in [0.05, 0.1) is 0 Å². The molecule has 0 unspecified atom stereocenters. The summed E-state index contributed by atoms with van der Waals surface area (Å²) in [5.41, 5.74) is 1.31. The molecule has 21 heavy (non-hydrogen) atoms. The number of nitrogens with zero attached hydrogens (tertiary/aromatic N) is 2. The molecule has 2 heterocycles. The molecule has 1 saturated heterocycles. The zero-order chi connectivity index (χ0) is 14.5. The molecule has 2 aromatic rings. The molecule has 0 aliphatic carbocycles. The molecule has 1 aliphatic rings. The highest BCUT2D eigenvalue weighted by Crippen LogP contribution is 2.32. The van der Waals surface area contributed by atoms with Crippen LogP contribution in [0.2, 0.25) is 0 Å². The first-order chi connectivity index (χ1) is 10.4. The van der Waals surface area contributed by atoms with Crippen LogP contribution in [-0.2, 0) is 0 Å². The third-order valence-electron chi connectivity index (χ3n) is 3.98. The van der Waals surface area contributed by atoms with E-state index in [1.54, 1.807) is 0 Å². The third kappa shape index (κ3) is 3.42. The fraction of sp³-hybridized carbons (Fsp3) is 0.389. The van der Waals surface area contributed by atoms with E-state index >= 15 is 0 Å². The minimum atomic E-state index is 0.531. The average Bonchev–Trinajstić information content (AvgIpc) is 2.98. The largest absolute Gasteiger partial charge is 0.439 e. The number of benzene rings is 1. The SMILES string of the molecule is CCCN1CCC[C@@H]1c1ccc(Oc2ccccc2)nc1. The van der Waals surface area contributed by atoms with Crippen LogP contribution >= 0.6 is 0 Å². The standard InChI is InChI=1S/C18H22N2O/c1-2-12-20-13-6-9-17(20)15-10-11-18(19-14-15)21-16-7-4-3-5-8-16/h3-5,7-8,10-11,14,17H,2,6,9,12-13H2,1H3/t17-/m1/s1. The number of likely N-dealkylation sites (tertiary alicyclic amines) is 1. The summed E-state index contributed by atoms with van der Waals surface area (Å²) in [5, 5.41) is 0. The number of para-hydroxylation sites is 1. The molecule has 3 heteroatoms. The lowest BCUT2D eigenvalue weighted by atomic mass is 10.1. The first-order valence-corrected chi connectivity index (χ1v) is 7.79. The monoisotopic (exact) mass is 282 g/mol. The van der Waals surface area contributed by atoms with Crippen LogP contribution in [0.4, 0.5) is 0 Å². The number of ether oxygens (including phenoxy) is 1. The fourth-order valence-electron chi connectivity index (χ4n) is 3.02. The highest BCUT2D eigenvalue weighted by atomic mass is 16.5. The molecular formula is C18H22N2O. The second-order valence-corrected chi connectivity index (χ2v) is 5.54. The zero-order valence-corrected chi connectivity index (χ0v) is 12.5. The molecule has 1 fully saturated rings. The molecule has 1 aromatic heterocycles. The summed E-state index contributed by atoms with van der Waals surface area (Å²) in [6, 6.07) is 14.4. The summed E-state index contributed by atoms with van der Waals surface area (Å²) in [5.74, 6) is 1.48. The zero-order valence-electron chi connectivity index (χ0n) is 12.5. The van der Waals surface area contributed by atoms with Crippen molar-refractivity contribution in [2.45, 2.75) is 32.2 Å². The van der Waals surface area contributed by atoms with Crippen LogP contribution in [0.3, 0.4) is 0 Å². The second-order valence-electron chi connectivity index (χ2n) is 5.54. The highest BCUT2D eigenvalue weighted by Gasteiger charge is 2.25. The summed E-state index contributed by atoms with van der Waals surface area (Å²) >= 11 is 0. The minimum absolute atomic E-state index is 0.531. The first-order valence-electron chi connectivity index (χ1n) is 7.79. The van der Waals surface area contributed by atoms with Gasteiger partial charge in [0.15, 0.2) is 0 Å². The maximum Gasteiger partial charge on any atom is 0.219 e. The predicted octanol–water partition coefficient (Wildman–Crippen LogP) is 4.42. The van der Waals surface area contributed by atoms with Gasteiger partial charge < -0.3 is 4.74 Å². The van der Waals surface area contributed by atoms with Crippen LogP contribution in [0.5, 0.6) is 11.6 Å². The van der Waals surface area contributed by atoms with E-state index < -0.39 is 0 Å². The van der Waals surface area contributed by atoms with Gasteiger partial charge in [0.25, 0.3) is 0 Å². The Bertz CT molecular complexity index is 553. The Kier molecular flexibility index (Phi) is 4.51. The topological polar surface area (TPSA) is 25.4 Å². The summed E-state index contributed by atoms with van der Waals surface area (Å²) in [6.45, 7) is 4.62. The van der Waals surface area contributed by atoms with Crippen LogP contribution < -0.4 is 4.74 Å². The van der Waals surface area contributed by atoms with Crippen molar-refractivity contribution in [2.75, 3.05) is 13.1 Å². The van der Waals surface area contributed by atoms with E-state index in [1.165, 1.54) is 37.9 Å². The van der Waals surface area contributed by atoms with Crippen molar-refractivity contribution < 1.29 is 4.74 Å². The van der Waals surface area contributed by atoms with Crippen LogP contribution in [0.25, 0.3) is 0 Å². The Hall–Kier alpha value is -1.87. The van der Waals surface area contributed by atoms with E-state index in [0.717, 1.165) is 5.75 Å². The lowest BCUT2D eigenvalue weighted by Gasteiger charge is -2.23. The normalized spacial score (nSPS) is 18.8. The van der Waals surface area contributed by atoms with E-state index in [-0.39, 0.29) is 0 Å². The van der Waals surface area contributed by atoms with Crippen molar-refractivity contribution >= 4 is 0 Å². The Labute approximate surface area is 126 Å². The molecule has 1 aliphatic heterocycles. The van der Waals surface area contributed by atoms with E-state index in [2.05, 4.69) is 22.9 Å². The van der Waals surface area contributed by atoms with Gasteiger partial charge in [-0.15, -0.1) is 0 Å². The van der Waals surface area contributed by atoms with Gasteiger partial charge in [0.1, 0.15) is 5.75 Å². The van der Waals surface area contributed by atoms with Gasteiger partial charge >= 0.3 is 0 Å². The molecular weight excluding hydrogens is 260 g/mol. The quantitative estimate of drug-likeness (QED) is 0.811. The molecule has 0 bridgehead atoms. The van der Waals surface area contributed by atoms with Crippen LogP contribution in [-0.4, -0.2) is 23.0 Å². The fourth-order valence-corrected chi connectivity index (χ4v) is 3.02. The van der Waals surface area contributed by atoms with Crippen molar-refractivity contribution in [3.05, 3.63) is 54.2 Å². The van der Waals surface area contributed by atoms with Crippen molar-refractivity contribution in [2.24, 2.45) is 0 Å². The molecule has 1 atom stereocenters. The van der Waals surface area contributed by atoms with Gasteiger partial charge in [0.2, 0.25) is 5.88 Å². The molecule has 0 N–H and O–H groups in total. The van der Waals surface area contributed by atoms with Crippen LogP contribution in [0, 0.1) is 0 Å². The van der Waals surface area contributed by atoms with Gasteiger partial charge in [0, 0.05) is 18.3 Å². The summed E-state index contributed by atoms with van der Waals surface area (Å²) < 4.78 is 5.75. The Morgan fingerprint density at radius 3 is 2.76 bits per heavy atom. The average molecular weight is 282 g/mol. The third-order valence-corrected chi connectivity index (χ3v) is 3.98. The Morgan fingerprint density at radius 2 is 2.05 bits per heavy atom. The lowest BCUT2D eigenvalue weighted by Crippen LogP contribution is -2.24. The van der Waals surface area contributed by atoms with Gasteiger partial charge in [-0.2, -0.15) is 0 Å². The van der Waals surface area contributed by atoms with Crippen molar-refractivity contribution in [3.8, 4) is 11.6 Å². The predicted molar refractivity (Wildman–Crippen MR) is 84.6 cm³/mol. The molecule has 1 aromatic carbocycles. The summed E-state index contributed by atoms with van der Waals surface area (Å²) in [4.78, 5) is 7.03. The van der Waals surface area contributed by atoms with Gasteiger partial charge in [-0.25, -0.2) is 4.98 Å². The molecule has 3 rings (SSSR count). The molecule has 0 amide bonds. The van der Waals surface area contributed by atoms with E-state index in [4.69, 9.17) is 4.74 Å². The summed E-state index contributed by atoms with van der Waals surface area (Å²) in [7, 11) is 0. The molecule has 0 spiro atoms. The minimum Gasteiger partial charge on any atom is -0.439 e. The molecule has 3 nitrogen and oxygen atoms in total. The van der Waals surface area contributed by atoms with E-state index in [1.807, 2.05) is 42.6 Å². The maximum atomic E-state index is 5.75. The first kappa shape index (κ1) is 14.1. The van der Waals surface area contributed by atoms with Crippen LogP contribution in [0.15, 0.2) is 48.7 Å². The van der Waals surface area contributed by atoms with Crippen LogP contribution in [0.1, 0.15) is 37.8 Å². The van der Waals surface area contributed by atoms with E-state index in [9.17, 15) is 0 Å². The maximum absolute atomic E-state index is 5.75. The Morgan fingerprint density at radius 1 is 1.19 bits per heavy atom. The Balaban J connectivity index is 1.69.